The molecule has 222 valence electrons. The van der Waals surface area contributed by atoms with Crippen molar-refractivity contribution < 1.29 is 4.42 Å². The van der Waals surface area contributed by atoms with Gasteiger partial charge in [-0.2, -0.15) is 0 Å². The maximum atomic E-state index is 6.34. The van der Waals surface area contributed by atoms with Crippen LogP contribution in [0.1, 0.15) is 0 Å². The Morgan fingerprint density at radius 2 is 0.979 bits per heavy atom. The van der Waals surface area contributed by atoms with E-state index in [-0.39, 0.29) is 0 Å². The Morgan fingerprint density at radius 3 is 1.79 bits per heavy atom. The molecule has 11 aromatic rings. The van der Waals surface area contributed by atoms with E-state index in [0.29, 0.717) is 0 Å². The van der Waals surface area contributed by atoms with Crippen LogP contribution in [0.2, 0.25) is 0 Å². The van der Waals surface area contributed by atoms with Crippen molar-refractivity contribution in [3.8, 4) is 33.4 Å². The lowest BCUT2D eigenvalue weighted by Crippen LogP contribution is -1.92. The van der Waals surface area contributed by atoms with Crippen LogP contribution in [0.15, 0.2) is 162 Å². The lowest BCUT2D eigenvalue weighted by atomic mass is 9.84. The second kappa shape index (κ2) is 9.78. The van der Waals surface area contributed by atoms with Gasteiger partial charge in [0.1, 0.15) is 11.2 Å². The van der Waals surface area contributed by atoms with Crippen LogP contribution in [-0.4, -0.2) is 0 Å². The largest absolute Gasteiger partial charge is 0.456 e. The van der Waals surface area contributed by atoms with Gasteiger partial charge >= 0.3 is 0 Å². The standard InChI is InChI=1S/C46H26OS/c1-3-15-35-33(13-1)43(30-11-7-10-28(25-30)29-20-21-32-31-12-5-6-18-41(31)48-42(32)26-29)34-14-2-4-16-36(34)45(35)37-23-24-40-46-38(37)22-19-27-9-8-17-39(47-40)44(27)46/h1-26H. The number of furan rings is 1. The molecular weight excluding hydrogens is 601 g/mol. The van der Waals surface area contributed by atoms with Gasteiger partial charge in [-0.1, -0.05) is 121 Å². The molecule has 0 fully saturated rings. The van der Waals surface area contributed by atoms with Gasteiger partial charge in [0.05, 0.1) is 0 Å². The fraction of sp³-hybridized carbons (Fsp3) is 0. The Labute approximate surface area is 280 Å². The van der Waals surface area contributed by atoms with Crippen LogP contribution >= 0.6 is 11.3 Å². The minimum Gasteiger partial charge on any atom is -0.456 e. The van der Waals surface area contributed by atoms with E-state index in [1.54, 1.807) is 0 Å². The van der Waals surface area contributed by atoms with Gasteiger partial charge in [0, 0.05) is 30.9 Å². The van der Waals surface area contributed by atoms with E-state index in [1.165, 1.54) is 96.6 Å². The average Bonchev–Trinajstić information content (AvgIpc) is 3.72. The van der Waals surface area contributed by atoms with Gasteiger partial charge in [-0.15, -0.1) is 11.3 Å². The van der Waals surface area contributed by atoms with E-state index in [9.17, 15) is 0 Å². The van der Waals surface area contributed by atoms with E-state index >= 15 is 0 Å². The first-order valence-electron chi connectivity index (χ1n) is 16.4. The van der Waals surface area contributed by atoms with Crippen LogP contribution in [0.4, 0.5) is 0 Å². The molecule has 2 aromatic heterocycles. The summed E-state index contributed by atoms with van der Waals surface area (Å²) in [7, 11) is 0. The molecule has 0 saturated carbocycles. The van der Waals surface area contributed by atoms with Crippen molar-refractivity contribution in [2.45, 2.75) is 0 Å². The third-order valence-corrected chi connectivity index (χ3v) is 11.4. The topological polar surface area (TPSA) is 13.1 Å². The molecule has 0 bridgehead atoms. The molecule has 2 heterocycles. The van der Waals surface area contributed by atoms with Crippen molar-refractivity contribution in [3.05, 3.63) is 158 Å². The van der Waals surface area contributed by atoms with Crippen LogP contribution in [0.3, 0.4) is 0 Å². The molecule has 0 aliphatic carbocycles. The Kier molecular flexibility index (Phi) is 5.32. The molecule has 0 amide bonds. The van der Waals surface area contributed by atoms with Crippen molar-refractivity contribution in [1.82, 2.24) is 0 Å². The Morgan fingerprint density at radius 1 is 0.354 bits per heavy atom. The molecule has 0 aliphatic heterocycles. The summed E-state index contributed by atoms with van der Waals surface area (Å²) in [4.78, 5) is 0. The molecule has 11 rings (SSSR count). The highest BCUT2D eigenvalue weighted by Gasteiger charge is 2.21. The van der Waals surface area contributed by atoms with E-state index in [0.717, 1.165) is 11.2 Å². The molecule has 0 saturated heterocycles. The van der Waals surface area contributed by atoms with Gasteiger partial charge in [-0.3, -0.25) is 0 Å². The predicted molar refractivity (Wildman–Crippen MR) is 207 cm³/mol. The highest BCUT2D eigenvalue weighted by Crippen LogP contribution is 2.48. The summed E-state index contributed by atoms with van der Waals surface area (Å²) in [6, 6.07) is 57.9. The first-order chi connectivity index (χ1) is 23.8. The van der Waals surface area contributed by atoms with Crippen molar-refractivity contribution >= 4 is 85.8 Å². The molecule has 0 N–H and O–H groups in total. The second-order valence-electron chi connectivity index (χ2n) is 12.8. The minimum atomic E-state index is 0.941. The highest BCUT2D eigenvalue weighted by atomic mass is 32.1. The van der Waals surface area contributed by atoms with Crippen molar-refractivity contribution in [2.24, 2.45) is 0 Å². The maximum Gasteiger partial charge on any atom is 0.136 e. The molecule has 0 unspecified atom stereocenters. The van der Waals surface area contributed by atoms with Gasteiger partial charge in [0.25, 0.3) is 0 Å². The zero-order valence-corrected chi connectivity index (χ0v) is 26.6. The number of hydrogen-bond acceptors (Lipinski definition) is 2. The Balaban J connectivity index is 1.16. The summed E-state index contributed by atoms with van der Waals surface area (Å²) in [6.07, 6.45) is 0. The normalized spacial score (nSPS) is 12.2. The van der Waals surface area contributed by atoms with E-state index in [4.69, 9.17) is 4.42 Å². The van der Waals surface area contributed by atoms with Gasteiger partial charge in [0.2, 0.25) is 0 Å². The number of benzene rings is 9. The number of fused-ring (bicyclic) bond motifs is 5. The quantitative estimate of drug-likeness (QED) is 0.140. The first-order valence-corrected chi connectivity index (χ1v) is 17.2. The van der Waals surface area contributed by atoms with E-state index in [1.807, 2.05) is 11.3 Å². The fourth-order valence-corrected chi connectivity index (χ4v) is 9.30. The Hall–Kier alpha value is -5.96. The third-order valence-electron chi connectivity index (χ3n) is 10.2. The van der Waals surface area contributed by atoms with Gasteiger partial charge < -0.3 is 4.42 Å². The maximum absolute atomic E-state index is 6.34. The molecule has 0 spiro atoms. The van der Waals surface area contributed by atoms with E-state index < -0.39 is 0 Å². The highest BCUT2D eigenvalue weighted by molar-refractivity contribution is 7.25. The SMILES string of the molecule is c1cc(-c2ccc3c(c2)sc2ccccc23)cc(-c2c3ccccc3c(-c3ccc4oc5cccc6ccc3c4c65)c3ccccc23)c1. The third kappa shape index (κ3) is 3.61. The zero-order chi connectivity index (χ0) is 31.3. The lowest BCUT2D eigenvalue weighted by molar-refractivity contribution is 0.669. The van der Waals surface area contributed by atoms with Crippen molar-refractivity contribution in [1.29, 1.82) is 0 Å². The molecule has 0 atom stereocenters. The molecule has 0 aliphatic rings. The van der Waals surface area contributed by atoms with Crippen LogP contribution in [-0.2, 0) is 0 Å². The van der Waals surface area contributed by atoms with Gasteiger partial charge in [-0.05, 0) is 102 Å². The van der Waals surface area contributed by atoms with Gasteiger partial charge in [0.15, 0.2) is 0 Å². The molecule has 2 heteroatoms. The lowest BCUT2D eigenvalue weighted by Gasteiger charge is -2.19. The minimum absolute atomic E-state index is 0.941. The monoisotopic (exact) mass is 626 g/mol. The van der Waals surface area contributed by atoms with Crippen LogP contribution in [0.25, 0.3) is 108 Å². The van der Waals surface area contributed by atoms with Crippen LogP contribution in [0.5, 0.6) is 0 Å². The second-order valence-corrected chi connectivity index (χ2v) is 13.9. The number of hydrogen-bond donors (Lipinski definition) is 0. The van der Waals surface area contributed by atoms with Crippen molar-refractivity contribution in [2.75, 3.05) is 0 Å². The smallest absolute Gasteiger partial charge is 0.136 e. The van der Waals surface area contributed by atoms with Crippen LogP contribution in [0, 0.1) is 0 Å². The van der Waals surface area contributed by atoms with Crippen molar-refractivity contribution in [3.63, 3.8) is 0 Å². The first kappa shape index (κ1) is 26.1. The fourth-order valence-electron chi connectivity index (χ4n) is 8.15. The summed E-state index contributed by atoms with van der Waals surface area (Å²) in [5.74, 6) is 0. The summed E-state index contributed by atoms with van der Waals surface area (Å²) >= 11 is 1.87. The molecule has 0 radical (unpaired) electrons. The molecular formula is C46H26OS. The number of thiophene rings is 1. The van der Waals surface area contributed by atoms with Gasteiger partial charge in [-0.25, -0.2) is 0 Å². The Bertz CT molecular complexity index is 3010. The zero-order valence-electron chi connectivity index (χ0n) is 25.8. The summed E-state index contributed by atoms with van der Waals surface area (Å²) < 4.78 is 9.00. The van der Waals surface area contributed by atoms with E-state index in [2.05, 4.69) is 158 Å². The summed E-state index contributed by atoms with van der Waals surface area (Å²) in [5, 5.41) is 12.6. The molecule has 48 heavy (non-hydrogen) atoms. The predicted octanol–water partition coefficient (Wildman–Crippen LogP) is 13.9. The summed E-state index contributed by atoms with van der Waals surface area (Å²) in [6.45, 7) is 0. The average molecular weight is 627 g/mol. The molecule has 1 nitrogen and oxygen atoms in total. The molecule has 9 aromatic carbocycles. The summed E-state index contributed by atoms with van der Waals surface area (Å²) in [5.41, 5.74) is 9.37. The van der Waals surface area contributed by atoms with Crippen LogP contribution < -0.4 is 0 Å². The number of rotatable bonds is 3.